The normalized spacial score (nSPS) is 22.8. The molecular formula is C16H20Br2N2O3S. The van der Waals surface area contributed by atoms with Gasteiger partial charge in [-0.3, -0.25) is 4.79 Å². The van der Waals surface area contributed by atoms with Crippen LogP contribution in [0.5, 0.6) is 0 Å². The lowest BCUT2D eigenvalue weighted by Crippen LogP contribution is -2.52. The lowest BCUT2D eigenvalue weighted by Gasteiger charge is -2.36. The maximum atomic E-state index is 13.2. The number of halogens is 2. The van der Waals surface area contributed by atoms with Gasteiger partial charge in [0.05, 0.1) is 4.90 Å². The molecule has 2 aliphatic rings. The largest absolute Gasteiger partial charge is 0.341 e. The van der Waals surface area contributed by atoms with Gasteiger partial charge in [-0.15, -0.1) is 0 Å². The number of carbonyl (C=O) groups is 1. The molecule has 2 fully saturated rings. The zero-order valence-corrected chi connectivity index (χ0v) is 17.2. The summed E-state index contributed by atoms with van der Waals surface area (Å²) in [7, 11) is -3.72. The maximum absolute atomic E-state index is 13.2. The van der Waals surface area contributed by atoms with Gasteiger partial charge in [-0.25, -0.2) is 8.42 Å². The maximum Gasteiger partial charge on any atom is 0.244 e. The van der Waals surface area contributed by atoms with Crippen LogP contribution in [0.1, 0.15) is 32.1 Å². The number of piperidine rings is 1. The smallest absolute Gasteiger partial charge is 0.244 e. The number of hydrogen-bond donors (Lipinski definition) is 0. The lowest BCUT2D eigenvalue weighted by molar-refractivity contribution is -0.135. The summed E-state index contributed by atoms with van der Waals surface area (Å²) in [5, 5.41) is 0. The highest BCUT2D eigenvalue weighted by Gasteiger charge is 2.40. The van der Waals surface area contributed by atoms with Gasteiger partial charge in [0, 0.05) is 28.6 Å². The summed E-state index contributed by atoms with van der Waals surface area (Å²) in [5.74, 6) is -0.0380. The molecule has 3 rings (SSSR count). The zero-order chi connectivity index (χ0) is 17.3. The van der Waals surface area contributed by atoms with E-state index in [2.05, 4.69) is 31.9 Å². The van der Waals surface area contributed by atoms with Gasteiger partial charge in [0.2, 0.25) is 15.9 Å². The van der Waals surface area contributed by atoms with Gasteiger partial charge in [0.1, 0.15) is 6.04 Å². The van der Waals surface area contributed by atoms with Crippen molar-refractivity contribution in [2.45, 2.75) is 43.0 Å². The minimum Gasteiger partial charge on any atom is -0.341 e. The number of amides is 1. The summed E-state index contributed by atoms with van der Waals surface area (Å²) in [6.45, 7) is 1.88. The van der Waals surface area contributed by atoms with Crippen LogP contribution in [-0.2, 0) is 14.8 Å². The fourth-order valence-corrected chi connectivity index (χ4v) is 6.76. The molecule has 1 unspecified atom stereocenters. The number of nitrogens with zero attached hydrogens (tertiary/aromatic N) is 2. The van der Waals surface area contributed by atoms with E-state index in [1.807, 2.05) is 4.90 Å². The van der Waals surface area contributed by atoms with Crippen molar-refractivity contribution in [3.8, 4) is 0 Å². The Morgan fingerprint density at radius 2 is 1.71 bits per heavy atom. The average molecular weight is 480 g/mol. The molecule has 2 heterocycles. The number of carbonyl (C=O) groups excluding carboxylic acids is 1. The molecule has 8 heteroatoms. The Kier molecular flexibility index (Phi) is 5.68. The second-order valence-corrected chi connectivity index (χ2v) is 9.86. The van der Waals surface area contributed by atoms with Crippen molar-refractivity contribution < 1.29 is 13.2 Å². The Bertz CT molecular complexity index is 733. The average Bonchev–Trinajstić information content (AvgIpc) is 3.08. The number of rotatable bonds is 3. The summed E-state index contributed by atoms with van der Waals surface area (Å²) < 4.78 is 29.0. The fraction of sp³-hybridized carbons (Fsp3) is 0.562. The van der Waals surface area contributed by atoms with Crippen LogP contribution in [0.15, 0.2) is 32.0 Å². The molecule has 0 spiro atoms. The third-order valence-corrected chi connectivity index (χ3v) is 8.02. The molecule has 1 aromatic rings. The van der Waals surface area contributed by atoms with E-state index in [1.165, 1.54) is 4.31 Å². The van der Waals surface area contributed by atoms with E-state index in [0.29, 0.717) is 17.4 Å². The van der Waals surface area contributed by atoms with Crippen molar-refractivity contribution in [3.05, 3.63) is 27.1 Å². The van der Waals surface area contributed by atoms with Crippen molar-refractivity contribution in [3.63, 3.8) is 0 Å². The fourth-order valence-electron chi connectivity index (χ4n) is 3.40. The standard InChI is InChI=1S/C16H20Br2N2O3S/c17-12-6-7-15(13(18)11-12)24(22,23)20-10-2-1-5-14(20)16(21)19-8-3-4-9-19/h6-7,11,14H,1-5,8-10H2. The summed E-state index contributed by atoms with van der Waals surface area (Å²) in [6, 6.07) is 4.43. The predicted molar refractivity (Wildman–Crippen MR) is 99.2 cm³/mol. The van der Waals surface area contributed by atoms with Gasteiger partial charge in [-0.1, -0.05) is 22.4 Å². The van der Waals surface area contributed by atoms with Gasteiger partial charge in [-0.05, 0) is 59.8 Å². The van der Waals surface area contributed by atoms with E-state index < -0.39 is 16.1 Å². The monoisotopic (exact) mass is 478 g/mol. The number of hydrogen-bond acceptors (Lipinski definition) is 3. The molecule has 0 N–H and O–H groups in total. The summed E-state index contributed by atoms with van der Waals surface area (Å²) in [4.78, 5) is 14.9. The zero-order valence-electron chi connectivity index (χ0n) is 13.2. The van der Waals surface area contributed by atoms with Gasteiger partial charge >= 0.3 is 0 Å². The Hall–Kier alpha value is -0.440. The number of likely N-dealkylation sites (tertiary alicyclic amines) is 1. The topological polar surface area (TPSA) is 57.7 Å². The van der Waals surface area contributed by atoms with Crippen LogP contribution in [0, 0.1) is 0 Å². The molecule has 132 valence electrons. The van der Waals surface area contributed by atoms with Gasteiger partial charge in [0.15, 0.2) is 0 Å². The molecule has 0 aliphatic carbocycles. The third kappa shape index (κ3) is 3.57. The van der Waals surface area contributed by atoms with E-state index in [4.69, 9.17) is 0 Å². The van der Waals surface area contributed by atoms with Gasteiger partial charge in [0.25, 0.3) is 0 Å². The lowest BCUT2D eigenvalue weighted by atomic mass is 10.0. The molecule has 1 amide bonds. The van der Waals surface area contributed by atoms with Crippen LogP contribution in [-0.4, -0.2) is 49.2 Å². The van der Waals surface area contributed by atoms with Crippen molar-refractivity contribution in [2.75, 3.05) is 19.6 Å². The molecule has 0 aromatic heterocycles. The molecule has 1 aromatic carbocycles. The minimum atomic E-state index is -3.72. The Morgan fingerprint density at radius 3 is 2.38 bits per heavy atom. The quantitative estimate of drug-likeness (QED) is 0.667. The highest BCUT2D eigenvalue weighted by atomic mass is 79.9. The molecule has 0 radical (unpaired) electrons. The molecule has 0 saturated carbocycles. The van der Waals surface area contributed by atoms with Crippen LogP contribution in [0.4, 0.5) is 0 Å². The van der Waals surface area contributed by atoms with E-state index in [0.717, 1.165) is 43.2 Å². The van der Waals surface area contributed by atoms with Crippen molar-refractivity contribution in [1.82, 2.24) is 9.21 Å². The van der Waals surface area contributed by atoms with Crippen molar-refractivity contribution >= 4 is 47.8 Å². The Labute approximate surface area is 159 Å². The first-order valence-corrected chi connectivity index (χ1v) is 11.2. The Morgan fingerprint density at radius 1 is 1.04 bits per heavy atom. The molecule has 5 nitrogen and oxygen atoms in total. The van der Waals surface area contributed by atoms with E-state index in [9.17, 15) is 13.2 Å². The second-order valence-electron chi connectivity index (χ2n) is 6.23. The molecule has 2 saturated heterocycles. The third-order valence-electron chi connectivity index (χ3n) is 4.64. The van der Waals surface area contributed by atoms with Gasteiger partial charge < -0.3 is 4.90 Å². The predicted octanol–water partition coefficient (Wildman–Crippen LogP) is 3.38. The summed E-state index contributed by atoms with van der Waals surface area (Å²) in [6.07, 6.45) is 4.28. The molecule has 1 atom stereocenters. The van der Waals surface area contributed by atoms with Gasteiger partial charge in [-0.2, -0.15) is 4.31 Å². The van der Waals surface area contributed by atoms with Crippen molar-refractivity contribution in [1.29, 1.82) is 0 Å². The van der Waals surface area contributed by atoms with Crippen molar-refractivity contribution in [2.24, 2.45) is 0 Å². The van der Waals surface area contributed by atoms with Crippen LogP contribution >= 0.6 is 31.9 Å². The molecule has 24 heavy (non-hydrogen) atoms. The summed E-state index contributed by atoms with van der Waals surface area (Å²) in [5.41, 5.74) is 0. The molecule has 2 aliphatic heterocycles. The summed E-state index contributed by atoms with van der Waals surface area (Å²) >= 11 is 6.68. The highest BCUT2D eigenvalue weighted by Crippen LogP contribution is 2.32. The van der Waals surface area contributed by atoms with Crippen LogP contribution in [0.25, 0.3) is 0 Å². The molecule has 0 bridgehead atoms. The van der Waals surface area contributed by atoms with Crippen LogP contribution in [0.2, 0.25) is 0 Å². The van der Waals surface area contributed by atoms with E-state index in [1.54, 1.807) is 18.2 Å². The number of sulfonamides is 1. The first-order valence-electron chi connectivity index (χ1n) is 8.17. The Balaban J connectivity index is 1.92. The van der Waals surface area contributed by atoms with Crippen LogP contribution in [0.3, 0.4) is 0 Å². The second kappa shape index (κ2) is 7.43. The van der Waals surface area contributed by atoms with E-state index >= 15 is 0 Å². The molecular weight excluding hydrogens is 460 g/mol. The highest BCUT2D eigenvalue weighted by molar-refractivity contribution is 9.11. The van der Waals surface area contributed by atoms with Crippen LogP contribution < -0.4 is 0 Å². The number of benzene rings is 1. The SMILES string of the molecule is O=C(C1CCCCN1S(=O)(=O)c1ccc(Br)cc1Br)N1CCCC1. The van der Waals surface area contributed by atoms with E-state index in [-0.39, 0.29) is 10.8 Å². The minimum absolute atomic E-state index is 0.0380. The first-order chi connectivity index (χ1) is 11.4. The first kappa shape index (κ1) is 18.4.